The van der Waals surface area contributed by atoms with Gasteiger partial charge >= 0.3 is 6.09 Å². The highest BCUT2D eigenvalue weighted by atomic mass is 16.6. The van der Waals surface area contributed by atoms with Crippen molar-refractivity contribution in [1.82, 2.24) is 10.6 Å². The molecule has 0 aromatic heterocycles. The van der Waals surface area contributed by atoms with Crippen LogP contribution in [0.5, 0.6) is 0 Å². The van der Waals surface area contributed by atoms with Crippen molar-refractivity contribution >= 4 is 12.0 Å². The first-order valence-corrected chi connectivity index (χ1v) is 6.29. The highest BCUT2D eigenvalue weighted by Crippen LogP contribution is 2.06. The van der Waals surface area contributed by atoms with Crippen LogP contribution in [-0.4, -0.2) is 37.2 Å². The molecule has 0 aromatic rings. The van der Waals surface area contributed by atoms with Crippen LogP contribution in [0.4, 0.5) is 4.79 Å². The number of hydrogen-bond donors (Lipinski definition) is 3. The summed E-state index contributed by atoms with van der Waals surface area (Å²) in [5, 5.41) is 5.37. The fraction of sp³-hybridized carbons (Fsp3) is 0.833. The quantitative estimate of drug-likeness (QED) is 0.588. The normalized spacial score (nSPS) is 10.9. The van der Waals surface area contributed by atoms with Crippen molar-refractivity contribution in [3.8, 4) is 0 Å². The third-order valence-corrected chi connectivity index (χ3v) is 2.03. The minimum atomic E-state index is -0.462. The smallest absolute Gasteiger partial charge is 0.407 e. The molecule has 0 saturated carbocycles. The van der Waals surface area contributed by atoms with Crippen molar-refractivity contribution in [1.29, 1.82) is 0 Å². The lowest BCUT2D eigenvalue weighted by Crippen LogP contribution is -2.33. The molecule has 0 atom stereocenters. The molecule has 0 bridgehead atoms. The Bertz CT molecular complexity index is 262. The Kier molecular flexibility index (Phi) is 8.11. The molecule has 0 aliphatic rings. The van der Waals surface area contributed by atoms with Gasteiger partial charge in [-0.05, 0) is 40.0 Å². The third kappa shape index (κ3) is 11.2. The van der Waals surface area contributed by atoms with Crippen LogP contribution in [0.3, 0.4) is 0 Å². The largest absolute Gasteiger partial charge is 0.444 e. The number of nitrogens with one attached hydrogen (secondary N) is 2. The predicted octanol–water partition coefficient (Wildman–Crippen LogP) is 0.756. The average Bonchev–Trinajstić information content (AvgIpc) is 2.25. The van der Waals surface area contributed by atoms with Gasteiger partial charge in [0.2, 0.25) is 5.91 Å². The third-order valence-electron chi connectivity index (χ3n) is 2.03. The molecule has 0 unspecified atom stereocenters. The summed E-state index contributed by atoms with van der Waals surface area (Å²) in [4.78, 5) is 22.1. The van der Waals surface area contributed by atoms with Gasteiger partial charge in [0.25, 0.3) is 0 Å². The zero-order valence-electron chi connectivity index (χ0n) is 11.5. The van der Waals surface area contributed by atoms with E-state index >= 15 is 0 Å². The highest BCUT2D eigenvalue weighted by molar-refractivity contribution is 5.77. The number of alkyl carbamates (subject to hydrolysis) is 1. The molecule has 0 radical (unpaired) electrons. The Morgan fingerprint density at radius 1 is 1.06 bits per heavy atom. The molecule has 0 heterocycles. The van der Waals surface area contributed by atoms with E-state index in [4.69, 9.17) is 10.5 Å². The van der Waals surface area contributed by atoms with E-state index in [9.17, 15) is 9.59 Å². The molecular formula is C12H25N3O3. The minimum Gasteiger partial charge on any atom is -0.444 e. The second-order valence-electron chi connectivity index (χ2n) is 5.04. The molecule has 0 saturated heterocycles. The Labute approximate surface area is 109 Å². The van der Waals surface area contributed by atoms with Crippen molar-refractivity contribution in [2.45, 2.75) is 45.6 Å². The summed E-state index contributed by atoms with van der Waals surface area (Å²) in [5.41, 5.74) is 4.68. The van der Waals surface area contributed by atoms with Gasteiger partial charge < -0.3 is 21.1 Å². The van der Waals surface area contributed by atoms with Crippen LogP contribution < -0.4 is 16.4 Å². The van der Waals surface area contributed by atoms with Gasteiger partial charge in [0.05, 0.1) is 6.54 Å². The Hall–Kier alpha value is -1.30. The monoisotopic (exact) mass is 259 g/mol. The SMILES string of the molecule is CC(C)(C)OC(=O)NCCCCCNC(=O)CN. The number of amides is 2. The summed E-state index contributed by atoms with van der Waals surface area (Å²) < 4.78 is 5.09. The molecule has 0 aliphatic carbocycles. The first kappa shape index (κ1) is 16.7. The standard InChI is InChI=1S/C12H25N3O3/c1-12(2,3)18-11(17)15-8-6-4-5-7-14-10(16)9-13/h4-9,13H2,1-3H3,(H,14,16)(H,15,17). The highest BCUT2D eigenvalue weighted by Gasteiger charge is 2.15. The van der Waals surface area contributed by atoms with Crippen LogP contribution in [0.25, 0.3) is 0 Å². The van der Waals surface area contributed by atoms with Gasteiger partial charge in [-0.15, -0.1) is 0 Å². The molecule has 0 spiro atoms. The maximum absolute atomic E-state index is 11.3. The van der Waals surface area contributed by atoms with Crippen molar-refractivity contribution in [3.63, 3.8) is 0 Å². The van der Waals surface area contributed by atoms with E-state index in [0.717, 1.165) is 19.3 Å². The lowest BCUT2D eigenvalue weighted by atomic mass is 10.2. The first-order valence-electron chi connectivity index (χ1n) is 6.29. The Morgan fingerprint density at radius 2 is 1.61 bits per heavy atom. The maximum Gasteiger partial charge on any atom is 0.407 e. The molecule has 0 fully saturated rings. The lowest BCUT2D eigenvalue weighted by molar-refractivity contribution is -0.119. The van der Waals surface area contributed by atoms with Crippen LogP contribution >= 0.6 is 0 Å². The number of carbonyl (C=O) groups is 2. The number of nitrogens with two attached hydrogens (primary N) is 1. The summed E-state index contributed by atoms with van der Waals surface area (Å²) in [6.07, 6.45) is 2.28. The molecule has 18 heavy (non-hydrogen) atoms. The number of hydrogen-bond acceptors (Lipinski definition) is 4. The van der Waals surface area contributed by atoms with E-state index in [1.54, 1.807) is 0 Å². The Morgan fingerprint density at radius 3 is 2.11 bits per heavy atom. The van der Waals surface area contributed by atoms with E-state index in [-0.39, 0.29) is 18.5 Å². The number of unbranched alkanes of at least 4 members (excludes halogenated alkanes) is 2. The zero-order valence-corrected chi connectivity index (χ0v) is 11.5. The molecule has 0 aromatic carbocycles. The molecule has 0 aliphatic heterocycles. The van der Waals surface area contributed by atoms with Gasteiger partial charge in [-0.1, -0.05) is 0 Å². The second-order valence-corrected chi connectivity index (χ2v) is 5.04. The van der Waals surface area contributed by atoms with Gasteiger partial charge in [-0.2, -0.15) is 0 Å². The molecule has 4 N–H and O–H groups in total. The molecule has 2 amide bonds. The van der Waals surface area contributed by atoms with Gasteiger partial charge in [0, 0.05) is 13.1 Å². The fourth-order valence-corrected chi connectivity index (χ4v) is 1.23. The molecule has 106 valence electrons. The average molecular weight is 259 g/mol. The number of ether oxygens (including phenoxy) is 1. The van der Waals surface area contributed by atoms with Gasteiger partial charge in [0.1, 0.15) is 5.60 Å². The van der Waals surface area contributed by atoms with E-state index in [2.05, 4.69) is 10.6 Å². The van der Waals surface area contributed by atoms with Crippen molar-refractivity contribution < 1.29 is 14.3 Å². The van der Waals surface area contributed by atoms with Crippen molar-refractivity contribution in [2.24, 2.45) is 5.73 Å². The van der Waals surface area contributed by atoms with Gasteiger partial charge in [0.15, 0.2) is 0 Å². The number of rotatable bonds is 7. The van der Waals surface area contributed by atoms with Gasteiger partial charge in [-0.25, -0.2) is 4.79 Å². The van der Waals surface area contributed by atoms with Crippen LogP contribution in [0.1, 0.15) is 40.0 Å². The molecule has 0 rings (SSSR count). The number of carbonyl (C=O) groups excluding carboxylic acids is 2. The fourth-order valence-electron chi connectivity index (χ4n) is 1.23. The van der Waals surface area contributed by atoms with Crippen LogP contribution in [-0.2, 0) is 9.53 Å². The van der Waals surface area contributed by atoms with E-state index in [1.165, 1.54) is 0 Å². The summed E-state index contributed by atoms with van der Waals surface area (Å²) in [5.74, 6) is -0.137. The topological polar surface area (TPSA) is 93.5 Å². The summed E-state index contributed by atoms with van der Waals surface area (Å²) in [6, 6.07) is 0. The Balaban J connectivity index is 3.35. The molecule has 6 nitrogen and oxygen atoms in total. The van der Waals surface area contributed by atoms with Crippen LogP contribution in [0.15, 0.2) is 0 Å². The first-order chi connectivity index (χ1) is 8.35. The van der Waals surface area contributed by atoms with Crippen LogP contribution in [0, 0.1) is 0 Å². The van der Waals surface area contributed by atoms with Crippen molar-refractivity contribution in [2.75, 3.05) is 19.6 Å². The van der Waals surface area contributed by atoms with Crippen molar-refractivity contribution in [3.05, 3.63) is 0 Å². The van der Waals surface area contributed by atoms with E-state index in [0.29, 0.717) is 13.1 Å². The van der Waals surface area contributed by atoms with Gasteiger partial charge in [-0.3, -0.25) is 4.79 Å². The van der Waals surface area contributed by atoms with E-state index in [1.807, 2.05) is 20.8 Å². The van der Waals surface area contributed by atoms with E-state index < -0.39 is 5.60 Å². The minimum absolute atomic E-state index is 0.0280. The summed E-state index contributed by atoms with van der Waals surface area (Å²) >= 11 is 0. The van der Waals surface area contributed by atoms with Crippen LogP contribution in [0.2, 0.25) is 0 Å². The lowest BCUT2D eigenvalue weighted by Gasteiger charge is -2.19. The maximum atomic E-state index is 11.3. The second kappa shape index (κ2) is 8.74. The summed E-state index contributed by atoms with van der Waals surface area (Å²) in [6.45, 7) is 6.72. The zero-order chi connectivity index (χ0) is 14.0. The predicted molar refractivity (Wildman–Crippen MR) is 70.2 cm³/mol. The summed E-state index contributed by atoms with van der Waals surface area (Å²) in [7, 11) is 0. The molecule has 6 heteroatoms. The molecular weight excluding hydrogens is 234 g/mol.